The molecular weight excluding hydrogens is 620 g/mol. The summed E-state index contributed by atoms with van der Waals surface area (Å²) in [6.07, 6.45) is 5.43. The van der Waals surface area contributed by atoms with E-state index in [0.29, 0.717) is 118 Å². The Bertz CT molecular complexity index is 912. The molecule has 1 rings (SSSR count). The minimum absolute atomic E-state index is 0.0294. The molecule has 0 fully saturated rings. The molecule has 0 saturated heterocycles. The van der Waals surface area contributed by atoms with Gasteiger partial charge in [-0.25, -0.2) is 9.59 Å². The Hall–Kier alpha value is -2.76. The molecule has 1 N–H and O–H groups in total. The molecule has 0 bridgehead atoms. The number of carboxylic acids is 1. The van der Waals surface area contributed by atoms with Gasteiger partial charge in [-0.1, -0.05) is 42.5 Å². The average Bonchev–Trinajstić information content (AvgIpc) is 3.07. The molecule has 0 saturated carbocycles. The van der Waals surface area contributed by atoms with E-state index in [1.807, 2.05) is 42.5 Å². The van der Waals surface area contributed by atoms with Crippen LogP contribution in [0.1, 0.15) is 5.56 Å². The first-order valence-electron chi connectivity index (χ1n) is 15.6. The van der Waals surface area contributed by atoms with Crippen LogP contribution in [0.25, 0.3) is 6.08 Å². The number of hydrogen-bond donors (Lipinski definition) is 1. The Morgan fingerprint density at radius 3 is 1.40 bits per heavy atom. The molecule has 1 unspecified atom stereocenters. The van der Waals surface area contributed by atoms with Crippen LogP contribution in [0.4, 0.5) is 0 Å². The summed E-state index contributed by atoms with van der Waals surface area (Å²) in [7, 11) is 1.65. The first kappa shape index (κ1) is 42.3. The lowest BCUT2D eigenvalue weighted by Crippen LogP contribution is -2.20. The lowest BCUT2D eigenvalue weighted by molar-refractivity contribution is -0.140. The standard InChI is InChI=1S/C33H52O14/c1-37-29-31(8-7-30-5-3-2-4-6-30)46-27-25-44-23-21-42-19-17-40-15-13-38-11-12-39-14-16-41-18-20-43-22-24-45-26-28-47-33(36)10-9-32(34)35/h2-10,31H,11-29H2,1H3,(H,34,35)/b8-7?,10-9-. The molecule has 0 amide bonds. The number of ether oxygens (including phenoxy) is 11. The summed E-state index contributed by atoms with van der Waals surface area (Å²) in [4.78, 5) is 21.4. The Kier molecular flexibility index (Phi) is 29.8. The van der Waals surface area contributed by atoms with E-state index in [4.69, 9.17) is 57.2 Å². The highest BCUT2D eigenvalue weighted by molar-refractivity contribution is 5.90. The highest BCUT2D eigenvalue weighted by Crippen LogP contribution is 2.04. The maximum Gasteiger partial charge on any atom is 0.331 e. The SMILES string of the molecule is COCC(C=Cc1ccccc1)OCCOCCOCCOCCOCCOCCOCCOCCOCCOC(=O)/C=C\C(=O)O. The molecule has 14 heteroatoms. The number of rotatable bonds is 34. The number of carboxylic acid groups (broad SMARTS) is 1. The van der Waals surface area contributed by atoms with Crippen molar-refractivity contribution >= 4 is 18.0 Å². The first-order valence-corrected chi connectivity index (χ1v) is 15.6. The number of hydrogen-bond acceptors (Lipinski definition) is 13. The van der Waals surface area contributed by atoms with Crippen molar-refractivity contribution in [1.82, 2.24) is 0 Å². The lowest BCUT2D eigenvalue weighted by atomic mass is 10.2. The predicted molar refractivity (Wildman–Crippen MR) is 171 cm³/mol. The van der Waals surface area contributed by atoms with Crippen molar-refractivity contribution < 1.29 is 66.8 Å². The summed E-state index contributed by atoms with van der Waals surface area (Å²) in [5.74, 6) is -1.95. The van der Waals surface area contributed by atoms with Gasteiger partial charge < -0.3 is 57.2 Å². The molecule has 1 aromatic rings. The van der Waals surface area contributed by atoms with E-state index in [1.165, 1.54) is 0 Å². The van der Waals surface area contributed by atoms with Gasteiger partial charge in [0.25, 0.3) is 0 Å². The van der Waals surface area contributed by atoms with Gasteiger partial charge in [-0.15, -0.1) is 0 Å². The first-order chi connectivity index (χ1) is 23.1. The summed E-state index contributed by atoms with van der Waals surface area (Å²) in [5.41, 5.74) is 1.11. The minimum atomic E-state index is -1.22. The number of methoxy groups -OCH3 is 1. The third kappa shape index (κ3) is 30.3. The second-order valence-corrected chi connectivity index (χ2v) is 9.37. The van der Waals surface area contributed by atoms with Crippen LogP contribution in [-0.4, -0.2) is 156 Å². The van der Waals surface area contributed by atoms with Gasteiger partial charge in [0.05, 0.1) is 125 Å². The molecule has 0 aliphatic heterocycles. The largest absolute Gasteiger partial charge is 0.478 e. The molecule has 0 heterocycles. The summed E-state index contributed by atoms with van der Waals surface area (Å²) in [6.45, 7) is 7.93. The lowest BCUT2D eigenvalue weighted by Gasteiger charge is -2.13. The smallest absolute Gasteiger partial charge is 0.331 e. The third-order valence-corrected chi connectivity index (χ3v) is 5.63. The topological polar surface area (TPSA) is 156 Å². The van der Waals surface area contributed by atoms with Crippen LogP contribution in [0.3, 0.4) is 0 Å². The van der Waals surface area contributed by atoms with E-state index in [9.17, 15) is 9.59 Å². The van der Waals surface area contributed by atoms with Crippen molar-refractivity contribution in [3.63, 3.8) is 0 Å². The monoisotopic (exact) mass is 672 g/mol. The van der Waals surface area contributed by atoms with Crippen LogP contribution in [0.2, 0.25) is 0 Å². The highest BCUT2D eigenvalue weighted by Gasteiger charge is 2.04. The van der Waals surface area contributed by atoms with Gasteiger partial charge in [0.1, 0.15) is 6.61 Å². The Morgan fingerprint density at radius 2 is 1.00 bits per heavy atom. The van der Waals surface area contributed by atoms with E-state index >= 15 is 0 Å². The minimum Gasteiger partial charge on any atom is -0.478 e. The summed E-state index contributed by atoms with van der Waals surface area (Å²) in [6, 6.07) is 10.0. The Labute approximate surface area is 277 Å². The van der Waals surface area contributed by atoms with Crippen LogP contribution in [0.5, 0.6) is 0 Å². The maximum atomic E-state index is 11.1. The number of esters is 1. The Balaban J connectivity index is 1.73. The van der Waals surface area contributed by atoms with Crippen LogP contribution < -0.4 is 0 Å². The molecule has 0 spiro atoms. The van der Waals surface area contributed by atoms with Gasteiger partial charge in [-0.05, 0) is 5.56 Å². The van der Waals surface area contributed by atoms with Gasteiger partial charge in [0, 0.05) is 19.3 Å². The molecule has 47 heavy (non-hydrogen) atoms. The van der Waals surface area contributed by atoms with Gasteiger partial charge >= 0.3 is 11.9 Å². The van der Waals surface area contributed by atoms with Crippen LogP contribution in [0.15, 0.2) is 48.6 Å². The zero-order chi connectivity index (χ0) is 33.9. The van der Waals surface area contributed by atoms with Crippen LogP contribution in [0, 0.1) is 0 Å². The fraction of sp³-hybridized carbons (Fsp3) is 0.636. The second-order valence-electron chi connectivity index (χ2n) is 9.37. The highest BCUT2D eigenvalue weighted by atomic mass is 16.6. The maximum absolute atomic E-state index is 11.1. The van der Waals surface area contributed by atoms with E-state index in [0.717, 1.165) is 11.6 Å². The molecule has 0 aliphatic carbocycles. The van der Waals surface area contributed by atoms with Crippen molar-refractivity contribution in [2.45, 2.75) is 6.10 Å². The number of benzene rings is 1. The number of aliphatic carboxylic acids is 1. The summed E-state index contributed by atoms with van der Waals surface area (Å²) < 4.78 is 59.3. The average molecular weight is 673 g/mol. The predicted octanol–water partition coefficient (Wildman–Crippen LogP) is 2.05. The molecule has 1 aromatic carbocycles. The van der Waals surface area contributed by atoms with E-state index in [-0.39, 0.29) is 19.3 Å². The zero-order valence-corrected chi connectivity index (χ0v) is 27.5. The van der Waals surface area contributed by atoms with E-state index in [1.54, 1.807) is 7.11 Å². The van der Waals surface area contributed by atoms with Crippen molar-refractivity contribution in [2.75, 3.05) is 133 Å². The Morgan fingerprint density at radius 1 is 0.596 bits per heavy atom. The molecule has 0 radical (unpaired) electrons. The van der Waals surface area contributed by atoms with Gasteiger partial charge in [-0.2, -0.15) is 0 Å². The van der Waals surface area contributed by atoms with E-state index in [2.05, 4.69) is 0 Å². The molecule has 0 aliphatic rings. The van der Waals surface area contributed by atoms with Gasteiger partial charge in [0.15, 0.2) is 0 Å². The quantitative estimate of drug-likeness (QED) is 0.0645. The number of carbonyl (C=O) groups excluding carboxylic acids is 1. The summed E-state index contributed by atoms with van der Waals surface area (Å²) in [5, 5.41) is 8.41. The summed E-state index contributed by atoms with van der Waals surface area (Å²) >= 11 is 0. The normalized spacial score (nSPS) is 12.3. The fourth-order valence-electron chi connectivity index (χ4n) is 3.39. The van der Waals surface area contributed by atoms with Crippen molar-refractivity contribution in [2.24, 2.45) is 0 Å². The van der Waals surface area contributed by atoms with Crippen LogP contribution >= 0.6 is 0 Å². The molecular formula is C33H52O14. The molecule has 1 atom stereocenters. The number of carbonyl (C=O) groups is 2. The fourth-order valence-corrected chi connectivity index (χ4v) is 3.39. The second kappa shape index (κ2) is 33.2. The zero-order valence-electron chi connectivity index (χ0n) is 27.5. The van der Waals surface area contributed by atoms with Gasteiger partial charge in [0.2, 0.25) is 0 Å². The molecule has 0 aromatic heterocycles. The molecule has 268 valence electrons. The molecule has 14 nitrogen and oxygen atoms in total. The van der Waals surface area contributed by atoms with E-state index < -0.39 is 11.9 Å². The van der Waals surface area contributed by atoms with Crippen molar-refractivity contribution in [1.29, 1.82) is 0 Å². The van der Waals surface area contributed by atoms with Gasteiger partial charge in [-0.3, -0.25) is 0 Å². The van der Waals surface area contributed by atoms with Crippen molar-refractivity contribution in [3.05, 3.63) is 54.1 Å². The van der Waals surface area contributed by atoms with Crippen LogP contribution in [-0.2, 0) is 61.7 Å². The third-order valence-electron chi connectivity index (χ3n) is 5.63. The van der Waals surface area contributed by atoms with Crippen molar-refractivity contribution in [3.8, 4) is 0 Å².